The van der Waals surface area contributed by atoms with Gasteiger partial charge in [0.2, 0.25) is 0 Å². The fourth-order valence-electron chi connectivity index (χ4n) is 1.85. The van der Waals surface area contributed by atoms with Gasteiger partial charge >= 0.3 is 0 Å². The molecule has 3 rings (SSSR count). The van der Waals surface area contributed by atoms with E-state index in [1.807, 2.05) is 10.8 Å². The highest BCUT2D eigenvalue weighted by atomic mass is 32.1. The summed E-state index contributed by atoms with van der Waals surface area (Å²) in [7, 11) is 0. The minimum atomic E-state index is -0.144. The number of aromatic nitrogens is 1. The number of thiophene rings is 1. The molecule has 1 aliphatic rings. The zero-order valence-corrected chi connectivity index (χ0v) is 12.6. The van der Waals surface area contributed by atoms with Gasteiger partial charge in [0.1, 0.15) is 23.1 Å². The number of nitrogens with zero attached hydrogens (tertiary/aromatic N) is 1. The number of aryl methyl sites for hydroxylation is 1. The first-order valence-electron chi connectivity index (χ1n) is 6.36. The van der Waals surface area contributed by atoms with Gasteiger partial charge in [-0.05, 0) is 6.42 Å². The molecule has 5 nitrogen and oxygen atoms in total. The zero-order chi connectivity index (χ0) is 13.9. The SMILES string of the molecule is CCc1csc(CNC(=O)c2scc3c2OCCO3)n1. The Balaban J connectivity index is 1.66. The standard InChI is InChI=1S/C13H14N2O3S2/c1-2-8-6-19-10(15-8)5-14-13(16)12-11-9(7-20-12)17-3-4-18-11/h6-7H,2-5H2,1H3,(H,14,16). The van der Waals surface area contributed by atoms with E-state index in [1.165, 1.54) is 11.3 Å². The van der Waals surface area contributed by atoms with Crippen molar-refractivity contribution in [1.29, 1.82) is 0 Å². The molecule has 0 aromatic carbocycles. The fourth-order valence-corrected chi connectivity index (χ4v) is 3.51. The summed E-state index contributed by atoms with van der Waals surface area (Å²) in [5, 5.41) is 7.61. The van der Waals surface area contributed by atoms with Gasteiger partial charge in [-0.1, -0.05) is 6.92 Å². The highest BCUT2D eigenvalue weighted by Gasteiger charge is 2.23. The van der Waals surface area contributed by atoms with Crippen LogP contribution in [0, 0.1) is 0 Å². The molecule has 0 atom stereocenters. The quantitative estimate of drug-likeness (QED) is 0.942. The van der Waals surface area contributed by atoms with Crippen molar-refractivity contribution in [3.63, 3.8) is 0 Å². The van der Waals surface area contributed by atoms with Crippen molar-refractivity contribution in [2.75, 3.05) is 13.2 Å². The molecule has 106 valence electrons. The van der Waals surface area contributed by atoms with Gasteiger partial charge in [0.15, 0.2) is 11.5 Å². The van der Waals surface area contributed by atoms with E-state index in [1.54, 1.807) is 11.3 Å². The Bertz CT molecular complexity index is 621. The molecule has 3 heterocycles. The van der Waals surface area contributed by atoms with Gasteiger partial charge in [0.25, 0.3) is 5.91 Å². The van der Waals surface area contributed by atoms with Crippen molar-refractivity contribution < 1.29 is 14.3 Å². The monoisotopic (exact) mass is 310 g/mol. The number of rotatable bonds is 4. The predicted octanol–water partition coefficient (Wildman–Crippen LogP) is 2.47. The minimum Gasteiger partial charge on any atom is -0.485 e. The molecule has 7 heteroatoms. The number of amides is 1. The van der Waals surface area contributed by atoms with Crippen LogP contribution in [0.3, 0.4) is 0 Å². The fraction of sp³-hybridized carbons (Fsp3) is 0.385. The van der Waals surface area contributed by atoms with Gasteiger partial charge in [-0.3, -0.25) is 4.79 Å². The Kier molecular flexibility index (Phi) is 3.88. The molecule has 0 saturated carbocycles. The van der Waals surface area contributed by atoms with Crippen LogP contribution in [0.1, 0.15) is 27.3 Å². The van der Waals surface area contributed by atoms with Crippen molar-refractivity contribution in [2.45, 2.75) is 19.9 Å². The van der Waals surface area contributed by atoms with E-state index in [0.717, 1.165) is 17.1 Å². The van der Waals surface area contributed by atoms with E-state index in [9.17, 15) is 4.79 Å². The summed E-state index contributed by atoms with van der Waals surface area (Å²) >= 11 is 2.90. The van der Waals surface area contributed by atoms with Gasteiger partial charge in [0.05, 0.1) is 12.2 Å². The van der Waals surface area contributed by atoms with Crippen LogP contribution in [0.2, 0.25) is 0 Å². The summed E-state index contributed by atoms with van der Waals surface area (Å²) < 4.78 is 10.9. The Morgan fingerprint density at radius 3 is 3.00 bits per heavy atom. The van der Waals surface area contributed by atoms with Crippen molar-refractivity contribution in [1.82, 2.24) is 10.3 Å². The lowest BCUT2D eigenvalue weighted by Crippen LogP contribution is -2.23. The van der Waals surface area contributed by atoms with Crippen LogP contribution in [-0.4, -0.2) is 24.1 Å². The lowest BCUT2D eigenvalue weighted by Gasteiger charge is -2.15. The molecule has 0 spiro atoms. The Morgan fingerprint density at radius 1 is 1.35 bits per heavy atom. The molecule has 1 aliphatic heterocycles. The van der Waals surface area contributed by atoms with Crippen LogP contribution >= 0.6 is 22.7 Å². The number of hydrogen-bond acceptors (Lipinski definition) is 6. The molecule has 1 N–H and O–H groups in total. The smallest absolute Gasteiger partial charge is 0.265 e. The number of fused-ring (bicyclic) bond motifs is 1. The topological polar surface area (TPSA) is 60.5 Å². The molecule has 0 fully saturated rings. The summed E-state index contributed by atoms with van der Waals surface area (Å²) in [5.41, 5.74) is 1.06. The minimum absolute atomic E-state index is 0.144. The van der Waals surface area contributed by atoms with Gasteiger partial charge in [-0.2, -0.15) is 0 Å². The predicted molar refractivity (Wildman–Crippen MR) is 78.0 cm³/mol. The van der Waals surface area contributed by atoms with Gasteiger partial charge in [0, 0.05) is 10.8 Å². The number of carbonyl (C=O) groups is 1. The zero-order valence-electron chi connectivity index (χ0n) is 11.0. The van der Waals surface area contributed by atoms with Crippen molar-refractivity contribution in [2.24, 2.45) is 0 Å². The number of carbonyl (C=O) groups excluding carboxylic acids is 1. The molecule has 1 amide bonds. The molecule has 2 aromatic rings. The first-order chi connectivity index (χ1) is 9.78. The molecule has 2 aromatic heterocycles. The Morgan fingerprint density at radius 2 is 2.20 bits per heavy atom. The van der Waals surface area contributed by atoms with Crippen LogP contribution < -0.4 is 14.8 Å². The van der Waals surface area contributed by atoms with Crippen LogP contribution in [-0.2, 0) is 13.0 Å². The highest BCUT2D eigenvalue weighted by molar-refractivity contribution is 7.12. The maximum Gasteiger partial charge on any atom is 0.265 e. The average molecular weight is 310 g/mol. The van der Waals surface area contributed by atoms with Crippen LogP contribution in [0.15, 0.2) is 10.8 Å². The maximum atomic E-state index is 12.2. The molecule has 0 saturated heterocycles. The van der Waals surface area contributed by atoms with E-state index < -0.39 is 0 Å². The van der Waals surface area contributed by atoms with Gasteiger partial charge in [-0.15, -0.1) is 22.7 Å². The van der Waals surface area contributed by atoms with Gasteiger partial charge in [-0.25, -0.2) is 4.98 Å². The lowest BCUT2D eigenvalue weighted by molar-refractivity contribution is 0.0945. The summed E-state index contributed by atoms with van der Waals surface area (Å²) in [6, 6.07) is 0. The van der Waals surface area contributed by atoms with E-state index in [-0.39, 0.29) is 5.91 Å². The van der Waals surface area contributed by atoms with Gasteiger partial charge < -0.3 is 14.8 Å². The number of nitrogens with one attached hydrogen (secondary N) is 1. The van der Waals surface area contributed by atoms with E-state index in [0.29, 0.717) is 36.1 Å². The molecule has 0 aliphatic carbocycles. The summed E-state index contributed by atoms with van der Waals surface area (Å²) in [5.74, 6) is 1.08. The van der Waals surface area contributed by atoms with Crippen LogP contribution in [0.5, 0.6) is 11.5 Å². The van der Waals surface area contributed by atoms with Crippen molar-refractivity contribution in [3.8, 4) is 11.5 Å². The molecule has 0 unspecified atom stereocenters. The third-order valence-corrected chi connectivity index (χ3v) is 4.71. The van der Waals surface area contributed by atoms with Crippen molar-refractivity contribution in [3.05, 3.63) is 26.3 Å². The maximum absolute atomic E-state index is 12.2. The second-order valence-corrected chi connectivity index (χ2v) is 6.05. The van der Waals surface area contributed by atoms with E-state index in [2.05, 4.69) is 17.2 Å². The lowest BCUT2D eigenvalue weighted by atomic mass is 10.3. The molecule has 20 heavy (non-hydrogen) atoms. The van der Waals surface area contributed by atoms with E-state index >= 15 is 0 Å². The Hall–Kier alpha value is -1.60. The summed E-state index contributed by atoms with van der Waals surface area (Å²) in [6.45, 7) is 3.52. The normalized spacial score (nSPS) is 13.2. The van der Waals surface area contributed by atoms with E-state index in [4.69, 9.17) is 9.47 Å². The Labute approximate surface area is 124 Å². The van der Waals surface area contributed by atoms with Crippen molar-refractivity contribution >= 4 is 28.6 Å². The molecule has 0 bridgehead atoms. The summed E-state index contributed by atoms with van der Waals surface area (Å²) in [6.07, 6.45) is 0.911. The average Bonchev–Trinajstić information content (AvgIpc) is 3.11. The number of hydrogen-bond donors (Lipinski definition) is 1. The first kappa shape index (κ1) is 13.4. The van der Waals surface area contributed by atoms with Crippen LogP contribution in [0.4, 0.5) is 0 Å². The third kappa shape index (κ3) is 2.64. The second-order valence-electron chi connectivity index (χ2n) is 4.22. The molecular formula is C13H14N2O3S2. The van der Waals surface area contributed by atoms with Crippen LogP contribution in [0.25, 0.3) is 0 Å². The summed E-state index contributed by atoms with van der Waals surface area (Å²) in [4.78, 5) is 17.2. The third-order valence-electron chi connectivity index (χ3n) is 2.87. The second kappa shape index (κ2) is 5.80. The molecular weight excluding hydrogens is 296 g/mol. The first-order valence-corrected chi connectivity index (χ1v) is 8.12. The largest absolute Gasteiger partial charge is 0.485 e. The highest BCUT2D eigenvalue weighted by Crippen LogP contribution is 2.39. The molecule has 0 radical (unpaired) electrons. The number of thiazole rings is 1. The number of ether oxygens (including phenoxy) is 2.